The van der Waals surface area contributed by atoms with E-state index in [9.17, 15) is 4.79 Å². The molecule has 30 heavy (non-hydrogen) atoms. The second-order valence-electron chi connectivity index (χ2n) is 7.28. The predicted molar refractivity (Wildman–Crippen MR) is 115 cm³/mol. The molecule has 9 heteroatoms. The Labute approximate surface area is 176 Å². The molecule has 3 aromatic heterocycles. The maximum Gasteiger partial charge on any atom is 0.316 e. The van der Waals surface area contributed by atoms with Gasteiger partial charge in [0.2, 0.25) is 0 Å². The predicted octanol–water partition coefficient (Wildman–Crippen LogP) is 4.38. The summed E-state index contributed by atoms with van der Waals surface area (Å²) in [4.78, 5) is 28.2. The highest BCUT2D eigenvalue weighted by Gasteiger charge is 2.28. The molecule has 0 saturated heterocycles. The average Bonchev–Trinajstić information content (AvgIpc) is 3.15. The summed E-state index contributed by atoms with van der Waals surface area (Å²) in [6.07, 6.45) is 5.03. The van der Waals surface area contributed by atoms with Crippen molar-refractivity contribution >= 4 is 38.5 Å². The molecule has 0 atom stereocenters. The lowest BCUT2D eigenvalue weighted by atomic mass is 9.95. The first-order valence-corrected chi connectivity index (χ1v) is 10.00. The smallest absolute Gasteiger partial charge is 0.316 e. The maximum absolute atomic E-state index is 11.1. The van der Waals surface area contributed by atoms with Crippen LogP contribution in [0.25, 0.3) is 21.5 Å². The van der Waals surface area contributed by atoms with E-state index in [1.54, 1.807) is 43.8 Å². The van der Waals surface area contributed by atoms with Crippen LogP contribution in [0.3, 0.4) is 0 Å². The van der Waals surface area contributed by atoms with Gasteiger partial charge >= 0.3 is 12.0 Å². The van der Waals surface area contributed by atoms with Crippen LogP contribution in [0.4, 0.5) is 10.8 Å². The zero-order chi connectivity index (χ0) is 21.1. The minimum absolute atomic E-state index is 0.0106. The summed E-state index contributed by atoms with van der Waals surface area (Å²) >= 11 is 1.55. The third kappa shape index (κ3) is 4.36. The van der Waals surface area contributed by atoms with E-state index in [2.05, 4.69) is 25.3 Å². The molecule has 0 aliphatic heterocycles. The van der Waals surface area contributed by atoms with Crippen molar-refractivity contribution in [2.45, 2.75) is 13.8 Å². The van der Waals surface area contributed by atoms with Crippen molar-refractivity contribution in [2.75, 3.05) is 11.9 Å². The minimum atomic E-state index is -1.01. The van der Waals surface area contributed by atoms with Crippen LogP contribution in [0.5, 0.6) is 6.01 Å². The summed E-state index contributed by atoms with van der Waals surface area (Å²) in [7, 11) is 0. The zero-order valence-electron chi connectivity index (χ0n) is 16.4. The Balaban J connectivity index is 1.41. The standard InChI is InChI=1S/C21H19N5O3S/c1-21(2,18(27)28)12-29-19-23-10-14(11-24-19)13-5-7-15(8-6-13)25-20-26-17-16(30-20)4-3-9-22-17/h3-11H,12H2,1-2H3,(H,27,28)(H,22,25,26). The molecule has 0 spiro atoms. The average molecular weight is 421 g/mol. The Bertz CT molecular complexity index is 1140. The molecule has 0 radical (unpaired) electrons. The van der Waals surface area contributed by atoms with E-state index in [0.29, 0.717) is 0 Å². The second kappa shape index (κ2) is 8.03. The number of hydrogen-bond donors (Lipinski definition) is 2. The van der Waals surface area contributed by atoms with Gasteiger partial charge in [-0.25, -0.2) is 15.0 Å². The Hall–Kier alpha value is -3.59. The number of benzene rings is 1. The van der Waals surface area contributed by atoms with E-state index < -0.39 is 11.4 Å². The number of thiazole rings is 1. The van der Waals surface area contributed by atoms with Crippen LogP contribution < -0.4 is 10.1 Å². The van der Waals surface area contributed by atoms with E-state index in [0.717, 1.165) is 32.3 Å². The number of anilines is 2. The van der Waals surface area contributed by atoms with Crippen LogP contribution in [0.1, 0.15) is 13.8 Å². The molecular formula is C21H19N5O3S. The first kappa shape index (κ1) is 19.7. The van der Waals surface area contributed by atoms with Crippen molar-refractivity contribution in [3.63, 3.8) is 0 Å². The molecule has 4 aromatic rings. The van der Waals surface area contributed by atoms with Gasteiger partial charge in [-0.3, -0.25) is 4.79 Å². The number of fused-ring (bicyclic) bond motifs is 1. The fourth-order valence-electron chi connectivity index (χ4n) is 2.54. The van der Waals surface area contributed by atoms with Crippen LogP contribution in [0, 0.1) is 5.41 Å². The van der Waals surface area contributed by atoms with E-state index >= 15 is 0 Å². The number of carboxylic acid groups (broad SMARTS) is 1. The Kier molecular flexibility index (Phi) is 5.28. The van der Waals surface area contributed by atoms with E-state index in [4.69, 9.17) is 9.84 Å². The highest BCUT2D eigenvalue weighted by atomic mass is 32.1. The molecule has 0 unspecified atom stereocenters. The van der Waals surface area contributed by atoms with Gasteiger partial charge in [-0.15, -0.1) is 0 Å². The molecule has 2 N–H and O–H groups in total. The first-order chi connectivity index (χ1) is 14.4. The van der Waals surface area contributed by atoms with Gasteiger partial charge in [0.25, 0.3) is 0 Å². The van der Waals surface area contributed by atoms with Crippen molar-refractivity contribution in [3.8, 4) is 17.1 Å². The number of nitrogens with one attached hydrogen (secondary N) is 1. The number of pyridine rings is 1. The van der Waals surface area contributed by atoms with Crippen molar-refractivity contribution in [3.05, 3.63) is 55.0 Å². The van der Waals surface area contributed by atoms with Gasteiger partial charge in [-0.2, -0.15) is 4.98 Å². The number of hydrogen-bond acceptors (Lipinski definition) is 8. The molecule has 1 aromatic carbocycles. The molecule has 0 bridgehead atoms. The Morgan fingerprint density at radius 3 is 2.50 bits per heavy atom. The summed E-state index contributed by atoms with van der Waals surface area (Å²) in [5.41, 5.74) is 2.41. The third-order valence-corrected chi connectivity index (χ3v) is 5.33. The van der Waals surface area contributed by atoms with Crippen molar-refractivity contribution < 1.29 is 14.6 Å². The Morgan fingerprint density at radius 2 is 1.83 bits per heavy atom. The molecular weight excluding hydrogens is 402 g/mol. The van der Waals surface area contributed by atoms with Crippen LogP contribution in [-0.2, 0) is 4.79 Å². The van der Waals surface area contributed by atoms with Crippen LogP contribution in [-0.4, -0.2) is 37.6 Å². The number of rotatable bonds is 7. The topological polar surface area (TPSA) is 110 Å². The van der Waals surface area contributed by atoms with Crippen LogP contribution in [0.2, 0.25) is 0 Å². The third-order valence-electron chi connectivity index (χ3n) is 4.40. The zero-order valence-corrected chi connectivity index (χ0v) is 17.2. The van der Waals surface area contributed by atoms with Crippen molar-refractivity contribution in [2.24, 2.45) is 5.41 Å². The van der Waals surface area contributed by atoms with Gasteiger partial charge < -0.3 is 15.2 Å². The molecule has 8 nitrogen and oxygen atoms in total. The molecule has 4 rings (SSSR count). The summed E-state index contributed by atoms with van der Waals surface area (Å²) in [5, 5.41) is 13.2. The van der Waals surface area contributed by atoms with Gasteiger partial charge in [0, 0.05) is 29.8 Å². The fourth-order valence-corrected chi connectivity index (χ4v) is 3.38. The van der Waals surface area contributed by atoms with E-state index in [-0.39, 0.29) is 12.6 Å². The lowest BCUT2D eigenvalue weighted by Gasteiger charge is -2.18. The van der Waals surface area contributed by atoms with Gasteiger partial charge in [0.05, 0.1) is 10.1 Å². The molecule has 0 fully saturated rings. The summed E-state index contributed by atoms with van der Waals surface area (Å²) in [6, 6.07) is 11.9. The van der Waals surface area contributed by atoms with Crippen LogP contribution in [0.15, 0.2) is 55.0 Å². The summed E-state index contributed by atoms with van der Waals surface area (Å²) in [6.45, 7) is 3.16. The van der Waals surface area contributed by atoms with Crippen LogP contribution >= 0.6 is 11.3 Å². The molecule has 0 aliphatic carbocycles. The van der Waals surface area contributed by atoms with E-state index in [1.807, 2.05) is 36.4 Å². The fraction of sp³-hybridized carbons (Fsp3) is 0.190. The van der Waals surface area contributed by atoms with Gasteiger partial charge in [-0.1, -0.05) is 23.5 Å². The normalized spacial score (nSPS) is 11.4. The molecule has 0 amide bonds. The maximum atomic E-state index is 11.1. The molecule has 0 saturated carbocycles. The Morgan fingerprint density at radius 1 is 1.10 bits per heavy atom. The lowest BCUT2D eigenvalue weighted by molar-refractivity contribution is -0.148. The molecule has 0 aliphatic rings. The monoisotopic (exact) mass is 421 g/mol. The quantitative estimate of drug-likeness (QED) is 0.452. The lowest BCUT2D eigenvalue weighted by Crippen LogP contribution is -2.31. The number of ether oxygens (including phenoxy) is 1. The summed E-state index contributed by atoms with van der Waals surface area (Å²) < 4.78 is 6.44. The number of aliphatic carboxylic acids is 1. The first-order valence-electron chi connectivity index (χ1n) is 9.18. The van der Waals surface area contributed by atoms with Crippen molar-refractivity contribution in [1.82, 2.24) is 19.9 Å². The van der Waals surface area contributed by atoms with E-state index in [1.165, 1.54) is 0 Å². The SMILES string of the molecule is CC(C)(COc1ncc(-c2ccc(Nc3nc4ncccc4s3)cc2)cn1)C(=O)O. The summed E-state index contributed by atoms with van der Waals surface area (Å²) in [5.74, 6) is -0.935. The van der Waals surface area contributed by atoms with Gasteiger partial charge in [0.1, 0.15) is 6.61 Å². The minimum Gasteiger partial charge on any atom is -0.481 e. The highest BCUT2D eigenvalue weighted by Crippen LogP contribution is 2.28. The number of carboxylic acids is 1. The molecule has 3 heterocycles. The number of nitrogens with zero attached hydrogens (tertiary/aromatic N) is 4. The second-order valence-corrected chi connectivity index (χ2v) is 8.31. The van der Waals surface area contributed by atoms with Gasteiger partial charge in [0.15, 0.2) is 10.8 Å². The number of carbonyl (C=O) groups is 1. The van der Waals surface area contributed by atoms with Crippen molar-refractivity contribution in [1.29, 1.82) is 0 Å². The largest absolute Gasteiger partial charge is 0.481 e. The molecule has 152 valence electrons. The highest BCUT2D eigenvalue weighted by molar-refractivity contribution is 7.22. The number of aromatic nitrogens is 4. The van der Waals surface area contributed by atoms with Gasteiger partial charge in [-0.05, 0) is 43.7 Å².